The molecule has 1 aromatic heterocycles. The molecule has 0 amide bonds. The van der Waals surface area contributed by atoms with Crippen molar-refractivity contribution in [3.8, 4) is 11.5 Å². The first-order valence-electron chi connectivity index (χ1n) is 11.5. The van der Waals surface area contributed by atoms with Gasteiger partial charge >= 0.3 is 0 Å². The van der Waals surface area contributed by atoms with Crippen LogP contribution in [-0.4, -0.2) is 87.0 Å². The summed E-state index contributed by atoms with van der Waals surface area (Å²) in [5.74, 6) is 2.91. The lowest BCUT2D eigenvalue weighted by molar-refractivity contribution is 0.121. The second-order valence-electron chi connectivity index (χ2n) is 7.57. The molecule has 2 aliphatic heterocycles. The van der Waals surface area contributed by atoms with E-state index < -0.39 is 0 Å². The summed E-state index contributed by atoms with van der Waals surface area (Å²) in [5, 5.41) is 4.35. The van der Waals surface area contributed by atoms with E-state index in [0.717, 1.165) is 31.7 Å². The van der Waals surface area contributed by atoms with Gasteiger partial charge in [0.2, 0.25) is 17.8 Å². The molecule has 2 aromatic rings. The molecule has 2 saturated heterocycles. The van der Waals surface area contributed by atoms with Gasteiger partial charge in [0.05, 0.1) is 39.2 Å². The van der Waals surface area contributed by atoms with Crippen LogP contribution in [0.1, 0.15) is 12.5 Å². The zero-order valence-corrected chi connectivity index (χ0v) is 19.5. The molecule has 0 radical (unpaired) electrons. The largest absolute Gasteiger partial charge is 0.490 e. The Kier molecular flexibility index (Phi) is 8.47. The van der Waals surface area contributed by atoms with Crippen molar-refractivity contribution in [1.82, 2.24) is 15.0 Å². The molecule has 1 aromatic carbocycles. The Morgan fingerprint density at radius 3 is 2.21 bits per heavy atom. The van der Waals surface area contributed by atoms with Crippen LogP contribution in [0.4, 0.5) is 17.8 Å². The molecular formula is C23H31N7O4. The molecule has 0 atom stereocenters. The highest BCUT2D eigenvalue weighted by Gasteiger charge is 2.20. The standard InChI is InChI=1S/C23H31N7O4/c1-3-11-34-19-6-5-18(16-20(19)33-4-2)17-24-28-21-25-22(29-7-12-31-13-8-29)27-23(26-21)30-9-14-32-15-10-30/h3,5-6,16-17H,1,4,7-15H2,2H3,(H,25,26,27,28). The summed E-state index contributed by atoms with van der Waals surface area (Å²) in [4.78, 5) is 18.1. The second-order valence-corrected chi connectivity index (χ2v) is 7.57. The van der Waals surface area contributed by atoms with Crippen LogP contribution in [0.5, 0.6) is 11.5 Å². The molecule has 2 fully saturated rings. The average Bonchev–Trinajstić information content (AvgIpc) is 2.89. The van der Waals surface area contributed by atoms with Gasteiger partial charge in [-0.25, -0.2) is 5.43 Å². The van der Waals surface area contributed by atoms with Crippen LogP contribution < -0.4 is 24.7 Å². The van der Waals surface area contributed by atoms with Gasteiger partial charge in [0.15, 0.2) is 11.5 Å². The van der Waals surface area contributed by atoms with Crippen LogP contribution in [-0.2, 0) is 9.47 Å². The third-order valence-corrected chi connectivity index (χ3v) is 5.20. The zero-order chi connectivity index (χ0) is 23.6. The van der Waals surface area contributed by atoms with Gasteiger partial charge in [-0.05, 0) is 30.7 Å². The molecule has 11 nitrogen and oxygen atoms in total. The van der Waals surface area contributed by atoms with E-state index in [1.807, 2.05) is 25.1 Å². The van der Waals surface area contributed by atoms with Gasteiger partial charge in [-0.1, -0.05) is 12.7 Å². The predicted octanol–water partition coefficient (Wildman–Crippen LogP) is 1.95. The van der Waals surface area contributed by atoms with E-state index in [4.69, 9.17) is 23.9 Å². The summed E-state index contributed by atoms with van der Waals surface area (Å²) < 4.78 is 22.3. The number of nitrogens with one attached hydrogen (secondary N) is 1. The number of aromatic nitrogens is 3. The Morgan fingerprint density at radius 1 is 0.971 bits per heavy atom. The first kappa shape index (κ1) is 23.7. The molecule has 0 saturated carbocycles. The van der Waals surface area contributed by atoms with Gasteiger partial charge in [-0.15, -0.1) is 0 Å². The summed E-state index contributed by atoms with van der Waals surface area (Å²) in [6.07, 6.45) is 3.38. The molecule has 34 heavy (non-hydrogen) atoms. The smallest absolute Gasteiger partial charge is 0.250 e. The van der Waals surface area contributed by atoms with Crippen LogP contribution in [0.25, 0.3) is 0 Å². The lowest BCUT2D eigenvalue weighted by atomic mass is 10.2. The van der Waals surface area contributed by atoms with Crippen molar-refractivity contribution in [3.05, 3.63) is 36.4 Å². The van der Waals surface area contributed by atoms with Gasteiger partial charge in [-0.3, -0.25) is 0 Å². The Bertz CT molecular complexity index is 940. The molecule has 0 spiro atoms. The van der Waals surface area contributed by atoms with Crippen LogP contribution in [0.15, 0.2) is 36.0 Å². The third kappa shape index (κ3) is 6.33. The Hall–Kier alpha value is -3.44. The quantitative estimate of drug-likeness (QED) is 0.315. The average molecular weight is 470 g/mol. The number of anilines is 3. The number of ether oxygens (including phenoxy) is 4. The molecule has 0 unspecified atom stereocenters. The normalized spacial score (nSPS) is 16.5. The van der Waals surface area contributed by atoms with Crippen molar-refractivity contribution in [2.45, 2.75) is 6.92 Å². The molecule has 0 aliphatic carbocycles. The lowest BCUT2D eigenvalue weighted by Gasteiger charge is -2.30. The number of morpholine rings is 2. The van der Waals surface area contributed by atoms with E-state index in [0.29, 0.717) is 69.0 Å². The van der Waals surface area contributed by atoms with Gasteiger partial charge < -0.3 is 28.7 Å². The maximum Gasteiger partial charge on any atom is 0.250 e. The molecule has 1 N–H and O–H groups in total. The van der Waals surface area contributed by atoms with E-state index in [1.54, 1.807) is 12.3 Å². The summed E-state index contributed by atoms with van der Waals surface area (Å²) in [6.45, 7) is 12.1. The van der Waals surface area contributed by atoms with Crippen molar-refractivity contribution in [3.63, 3.8) is 0 Å². The van der Waals surface area contributed by atoms with Gasteiger partial charge in [0, 0.05) is 26.2 Å². The minimum Gasteiger partial charge on any atom is -0.490 e. The minimum absolute atomic E-state index is 0.380. The number of benzene rings is 1. The third-order valence-electron chi connectivity index (χ3n) is 5.20. The Labute approximate surface area is 199 Å². The van der Waals surface area contributed by atoms with Crippen LogP contribution >= 0.6 is 0 Å². The summed E-state index contributed by atoms with van der Waals surface area (Å²) in [5.41, 5.74) is 3.80. The summed E-state index contributed by atoms with van der Waals surface area (Å²) >= 11 is 0. The minimum atomic E-state index is 0.380. The maximum absolute atomic E-state index is 5.70. The van der Waals surface area contributed by atoms with Gasteiger partial charge in [0.25, 0.3) is 0 Å². The monoisotopic (exact) mass is 469 g/mol. The van der Waals surface area contributed by atoms with Crippen LogP contribution in [0, 0.1) is 0 Å². The zero-order valence-electron chi connectivity index (χ0n) is 19.5. The van der Waals surface area contributed by atoms with Gasteiger partial charge in [-0.2, -0.15) is 20.1 Å². The molecule has 4 rings (SSSR count). The number of nitrogens with zero attached hydrogens (tertiary/aromatic N) is 6. The first-order valence-corrected chi connectivity index (χ1v) is 11.5. The van der Waals surface area contributed by atoms with Crippen molar-refractivity contribution >= 4 is 24.1 Å². The van der Waals surface area contributed by atoms with E-state index in [9.17, 15) is 0 Å². The molecule has 3 heterocycles. The first-order chi connectivity index (χ1) is 16.8. The van der Waals surface area contributed by atoms with Crippen molar-refractivity contribution < 1.29 is 18.9 Å². The van der Waals surface area contributed by atoms with Crippen LogP contribution in [0.3, 0.4) is 0 Å². The number of hydrogen-bond donors (Lipinski definition) is 1. The Morgan fingerprint density at radius 2 is 1.62 bits per heavy atom. The SMILES string of the molecule is C=CCOc1ccc(C=NNc2nc(N3CCOCC3)nc(N3CCOCC3)n2)cc1OCC. The molecule has 11 heteroatoms. The highest BCUT2D eigenvalue weighted by Crippen LogP contribution is 2.28. The molecular weight excluding hydrogens is 438 g/mol. The summed E-state index contributed by atoms with van der Waals surface area (Å²) in [7, 11) is 0. The van der Waals surface area contributed by atoms with Crippen molar-refractivity contribution in [2.24, 2.45) is 5.10 Å². The van der Waals surface area contributed by atoms with E-state index in [2.05, 4.69) is 36.9 Å². The second kappa shape index (κ2) is 12.1. The number of hydrazone groups is 1. The molecule has 182 valence electrons. The van der Waals surface area contributed by atoms with E-state index >= 15 is 0 Å². The fraction of sp³-hybridized carbons (Fsp3) is 0.478. The van der Waals surface area contributed by atoms with E-state index in [1.165, 1.54) is 0 Å². The highest BCUT2D eigenvalue weighted by atomic mass is 16.5. The topological polar surface area (TPSA) is 106 Å². The van der Waals surface area contributed by atoms with Crippen LogP contribution in [0.2, 0.25) is 0 Å². The Balaban J connectivity index is 1.51. The highest BCUT2D eigenvalue weighted by molar-refractivity contribution is 5.81. The predicted molar refractivity (Wildman–Crippen MR) is 130 cm³/mol. The summed E-state index contributed by atoms with van der Waals surface area (Å²) in [6, 6.07) is 5.63. The lowest BCUT2D eigenvalue weighted by Crippen LogP contribution is -2.40. The maximum atomic E-state index is 5.70. The molecule has 2 aliphatic rings. The number of hydrogen-bond acceptors (Lipinski definition) is 11. The van der Waals surface area contributed by atoms with E-state index in [-0.39, 0.29) is 0 Å². The number of rotatable bonds is 10. The van der Waals surface area contributed by atoms with Crippen molar-refractivity contribution in [1.29, 1.82) is 0 Å². The molecule has 0 bridgehead atoms. The fourth-order valence-electron chi connectivity index (χ4n) is 3.52. The van der Waals surface area contributed by atoms with Gasteiger partial charge in [0.1, 0.15) is 6.61 Å². The van der Waals surface area contributed by atoms with Crippen molar-refractivity contribution in [2.75, 3.05) is 81.0 Å². The fourth-order valence-corrected chi connectivity index (χ4v) is 3.52.